The van der Waals surface area contributed by atoms with Crippen LogP contribution in [-0.2, 0) is 0 Å². The molecule has 0 heteroatoms. The van der Waals surface area contributed by atoms with Crippen molar-refractivity contribution in [2.75, 3.05) is 0 Å². The summed E-state index contributed by atoms with van der Waals surface area (Å²) in [4.78, 5) is 0. The zero-order valence-corrected chi connectivity index (χ0v) is 14.6. The van der Waals surface area contributed by atoms with Crippen LogP contribution in [0.2, 0.25) is 0 Å². The highest BCUT2D eigenvalue weighted by Gasteiger charge is 2.38. The average molecular weight is 255 g/mol. The Morgan fingerprint density at radius 3 is 1.72 bits per heavy atom. The minimum absolute atomic E-state index is 0.447. The zero-order valence-electron chi connectivity index (χ0n) is 14.6. The van der Waals surface area contributed by atoms with Gasteiger partial charge in [-0.25, -0.2) is 0 Å². The van der Waals surface area contributed by atoms with Crippen molar-refractivity contribution in [1.29, 1.82) is 0 Å². The van der Waals surface area contributed by atoms with Gasteiger partial charge in [0.05, 0.1) is 0 Å². The fraction of sp³-hybridized carbons (Fsp3) is 1.00. The largest absolute Gasteiger partial charge is 0.0654 e. The van der Waals surface area contributed by atoms with E-state index in [0.29, 0.717) is 10.8 Å². The predicted octanol–water partition coefficient (Wildman–Crippen LogP) is 6.55. The second-order valence-corrected chi connectivity index (χ2v) is 8.22. The van der Waals surface area contributed by atoms with E-state index in [9.17, 15) is 0 Å². The zero-order chi connectivity index (χ0) is 14.6. The predicted molar refractivity (Wildman–Crippen MR) is 84.9 cm³/mol. The molecule has 18 heavy (non-hydrogen) atoms. The summed E-state index contributed by atoms with van der Waals surface area (Å²) in [6.45, 7) is 21.8. The topological polar surface area (TPSA) is 0 Å². The van der Waals surface area contributed by atoms with Crippen LogP contribution in [0.3, 0.4) is 0 Å². The maximum atomic E-state index is 2.50. The molecule has 0 aliphatic heterocycles. The van der Waals surface area contributed by atoms with Crippen molar-refractivity contribution in [1.82, 2.24) is 0 Å². The lowest BCUT2D eigenvalue weighted by atomic mass is 9.60. The van der Waals surface area contributed by atoms with Gasteiger partial charge in [-0.15, -0.1) is 0 Å². The monoisotopic (exact) mass is 254 g/mol. The molecule has 0 aliphatic rings. The molecule has 0 amide bonds. The number of rotatable bonds is 8. The van der Waals surface area contributed by atoms with Gasteiger partial charge < -0.3 is 0 Å². The van der Waals surface area contributed by atoms with Crippen LogP contribution in [0.5, 0.6) is 0 Å². The van der Waals surface area contributed by atoms with E-state index in [-0.39, 0.29) is 0 Å². The van der Waals surface area contributed by atoms with E-state index in [0.717, 1.165) is 17.8 Å². The van der Waals surface area contributed by atoms with E-state index < -0.39 is 0 Å². The lowest BCUT2D eigenvalue weighted by molar-refractivity contribution is 0.0451. The van der Waals surface area contributed by atoms with Crippen LogP contribution in [0.25, 0.3) is 0 Å². The minimum Gasteiger partial charge on any atom is -0.0654 e. The Balaban J connectivity index is 4.97. The van der Waals surface area contributed by atoms with Gasteiger partial charge in [0, 0.05) is 0 Å². The molecule has 0 bridgehead atoms. The van der Waals surface area contributed by atoms with Crippen molar-refractivity contribution >= 4 is 0 Å². The Kier molecular flexibility index (Phi) is 6.96. The quantitative estimate of drug-likeness (QED) is 0.461. The van der Waals surface area contributed by atoms with Gasteiger partial charge in [0.25, 0.3) is 0 Å². The van der Waals surface area contributed by atoms with Crippen molar-refractivity contribution in [3.05, 3.63) is 0 Å². The smallest absolute Gasteiger partial charge is 0.0314 e. The van der Waals surface area contributed by atoms with Crippen molar-refractivity contribution in [3.8, 4) is 0 Å². The molecular weight excluding hydrogens is 216 g/mol. The van der Waals surface area contributed by atoms with Crippen LogP contribution in [0.1, 0.15) is 88.0 Å². The van der Waals surface area contributed by atoms with Crippen LogP contribution in [0, 0.1) is 28.6 Å². The first kappa shape index (κ1) is 18.0. The van der Waals surface area contributed by atoms with Gasteiger partial charge in [-0.2, -0.15) is 0 Å². The highest BCUT2D eigenvalue weighted by molar-refractivity contribution is 4.88. The lowest BCUT2D eigenvalue weighted by Gasteiger charge is -2.45. The van der Waals surface area contributed by atoms with Crippen LogP contribution >= 0.6 is 0 Å². The maximum Gasteiger partial charge on any atom is -0.0314 e. The van der Waals surface area contributed by atoms with E-state index in [4.69, 9.17) is 0 Å². The Morgan fingerprint density at radius 1 is 0.889 bits per heavy atom. The lowest BCUT2D eigenvalue weighted by Crippen LogP contribution is -2.37. The van der Waals surface area contributed by atoms with Gasteiger partial charge in [0.15, 0.2) is 0 Å². The molecule has 0 spiro atoms. The molecule has 110 valence electrons. The van der Waals surface area contributed by atoms with E-state index in [1.54, 1.807) is 0 Å². The average Bonchev–Trinajstić information content (AvgIpc) is 2.14. The van der Waals surface area contributed by atoms with Gasteiger partial charge >= 0.3 is 0 Å². The highest BCUT2D eigenvalue weighted by atomic mass is 14.4. The first-order chi connectivity index (χ1) is 8.07. The Labute approximate surface area is 117 Å². The van der Waals surface area contributed by atoms with Gasteiger partial charge in [-0.05, 0) is 35.0 Å². The Bertz CT molecular complexity index is 222. The Morgan fingerprint density at radius 2 is 1.39 bits per heavy atom. The normalized spacial score (nSPS) is 17.0. The third-order valence-corrected chi connectivity index (χ3v) is 4.87. The van der Waals surface area contributed by atoms with Crippen molar-refractivity contribution in [2.45, 2.75) is 88.0 Å². The van der Waals surface area contributed by atoms with Gasteiger partial charge in [0.2, 0.25) is 0 Å². The minimum atomic E-state index is 0.447. The molecule has 0 aliphatic carbocycles. The molecule has 0 rings (SSSR count). The molecule has 0 radical (unpaired) electrons. The standard InChI is InChI=1S/C18H38/c1-10-12-15(5)16(14(3)4)18(8,9)13-17(6,7)11-2/h14-16H,10-13H2,1-9H3. The molecule has 0 aromatic heterocycles. The van der Waals surface area contributed by atoms with Crippen molar-refractivity contribution in [3.63, 3.8) is 0 Å². The van der Waals surface area contributed by atoms with Crippen molar-refractivity contribution < 1.29 is 0 Å². The summed E-state index contributed by atoms with van der Waals surface area (Å²) in [6.07, 6.45) is 5.31. The molecule has 0 fully saturated rings. The number of hydrogen-bond donors (Lipinski definition) is 0. The second kappa shape index (κ2) is 6.96. The van der Waals surface area contributed by atoms with Crippen LogP contribution in [0.4, 0.5) is 0 Å². The summed E-state index contributed by atoms with van der Waals surface area (Å²) in [5.41, 5.74) is 0.921. The molecule has 2 atom stereocenters. The summed E-state index contributed by atoms with van der Waals surface area (Å²) in [6, 6.07) is 0. The van der Waals surface area contributed by atoms with Gasteiger partial charge in [0.1, 0.15) is 0 Å². The SMILES string of the molecule is CCCC(C)C(C(C)C)C(C)(C)CC(C)(C)CC. The fourth-order valence-corrected chi connectivity index (χ4v) is 4.44. The van der Waals surface area contributed by atoms with Crippen molar-refractivity contribution in [2.24, 2.45) is 28.6 Å². The summed E-state index contributed by atoms with van der Waals surface area (Å²) in [7, 11) is 0. The maximum absolute atomic E-state index is 2.50. The van der Waals surface area contributed by atoms with Crippen LogP contribution in [-0.4, -0.2) is 0 Å². The molecule has 0 saturated carbocycles. The van der Waals surface area contributed by atoms with Crippen LogP contribution < -0.4 is 0 Å². The summed E-state index contributed by atoms with van der Waals surface area (Å²) >= 11 is 0. The van der Waals surface area contributed by atoms with Gasteiger partial charge in [-0.1, -0.05) is 81.6 Å². The first-order valence-corrected chi connectivity index (χ1v) is 8.07. The van der Waals surface area contributed by atoms with E-state index in [1.165, 1.54) is 25.7 Å². The van der Waals surface area contributed by atoms with E-state index >= 15 is 0 Å². The molecule has 0 saturated heterocycles. The molecule has 0 nitrogen and oxygen atoms in total. The third kappa shape index (κ3) is 5.33. The molecule has 0 heterocycles. The fourth-order valence-electron chi connectivity index (χ4n) is 4.44. The molecule has 2 unspecified atom stereocenters. The summed E-state index contributed by atoms with van der Waals surface area (Å²) in [5, 5.41) is 0. The Hall–Kier alpha value is 0. The first-order valence-electron chi connectivity index (χ1n) is 8.07. The molecule has 0 N–H and O–H groups in total. The van der Waals surface area contributed by atoms with E-state index in [1.807, 2.05) is 0 Å². The highest BCUT2D eigenvalue weighted by Crippen LogP contribution is 2.47. The number of hydrogen-bond acceptors (Lipinski definition) is 0. The van der Waals surface area contributed by atoms with Crippen LogP contribution in [0.15, 0.2) is 0 Å². The molecule has 0 aromatic carbocycles. The van der Waals surface area contributed by atoms with Gasteiger partial charge in [-0.3, -0.25) is 0 Å². The third-order valence-electron chi connectivity index (χ3n) is 4.87. The summed E-state index contributed by atoms with van der Waals surface area (Å²) in [5.74, 6) is 2.47. The molecule has 0 aromatic rings. The summed E-state index contributed by atoms with van der Waals surface area (Å²) < 4.78 is 0. The van der Waals surface area contributed by atoms with E-state index in [2.05, 4.69) is 62.3 Å². The second-order valence-electron chi connectivity index (χ2n) is 8.22. The molecular formula is C18H38.